The summed E-state index contributed by atoms with van der Waals surface area (Å²) in [5, 5.41) is 0.376. The van der Waals surface area contributed by atoms with Crippen molar-refractivity contribution in [2.75, 3.05) is 7.11 Å². The number of thiazole rings is 1. The van der Waals surface area contributed by atoms with Gasteiger partial charge in [-0.2, -0.15) is 0 Å². The fourth-order valence-electron chi connectivity index (χ4n) is 1.42. The van der Waals surface area contributed by atoms with Crippen molar-refractivity contribution in [3.63, 3.8) is 0 Å². The molecule has 0 aliphatic heterocycles. The molecule has 0 saturated carbocycles. The minimum atomic E-state index is -0.630. The van der Waals surface area contributed by atoms with Crippen LogP contribution in [0.5, 0.6) is 5.75 Å². The van der Waals surface area contributed by atoms with E-state index in [0.717, 1.165) is 15.9 Å². The first-order valence-electron chi connectivity index (χ1n) is 4.95. The number of ether oxygens (including phenoxy) is 1. The van der Waals surface area contributed by atoms with E-state index in [0.29, 0.717) is 10.7 Å². The predicted molar refractivity (Wildman–Crippen MR) is 69.6 cm³/mol. The normalized spacial score (nSPS) is 10.7. The highest BCUT2D eigenvalue weighted by molar-refractivity contribution is 9.11. The molecule has 3 nitrogen and oxygen atoms in total. The Labute approximate surface area is 115 Å². The lowest BCUT2D eigenvalue weighted by Gasteiger charge is -2.04. The second kappa shape index (κ2) is 5.29. The van der Waals surface area contributed by atoms with Gasteiger partial charge >= 0.3 is 0 Å². The van der Waals surface area contributed by atoms with Crippen molar-refractivity contribution in [3.8, 4) is 16.3 Å². The van der Waals surface area contributed by atoms with Gasteiger partial charge in [0.25, 0.3) is 0 Å². The minimum absolute atomic E-state index is 0.0960. The van der Waals surface area contributed by atoms with E-state index in [1.54, 1.807) is 0 Å². The van der Waals surface area contributed by atoms with Crippen LogP contribution in [0.4, 0.5) is 8.78 Å². The topological polar surface area (TPSA) is 48.1 Å². The number of rotatable bonds is 3. The second-order valence-electron chi connectivity index (χ2n) is 3.41. The SMILES string of the molecule is COc1cc(F)c(-c2nc(CN)c(Br)s2)cc1F. The van der Waals surface area contributed by atoms with Gasteiger partial charge in [-0.15, -0.1) is 11.3 Å². The van der Waals surface area contributed by atoms with Crippen molar-refractivity contribution in [1.82, 2.24) is 4.98 Å². The molecule has 0 amide bonds. The zero-order chi connectivity index (χ0) is 13.3. The summed E-state index contributed by atoms with van der Waals surface area (Å²) in [6, 6.07) is 2.07. The molecule has 0 radical (unpaired) electrons. The molecular weight excluding hydrogens is 326 g/mol. The number of halogens is 3. The third-order valence-electron chi connectivity index (χ3n) is 2.31. The molecule has 0 unspecified atom stereocenters. The van der Waals surface area contributed by atoms with E-state index in [2.05, 4.69) is 20.9 Å². The fourth-order valence-corrected chi connectivity index (χ4v) is 2.97. The summed E-state index contributed by atoms with van der Waals surface area (Å²) in [5.74, 6) is -1.35. The first kappa shape index (κ1) is 13.4. The predicted octanol–water partition coefficient (Wildman–Crippen LogP) is 3.32. The van der Waals surface area contributed by atoms with Crippen LogP contribution in [0.1, 0.15) is 5.69 Å². The molecule has 2 N–H and O–H groups in total. The lowest BCUT2D eigenvalue weighted by molar-refractivity contribution is 0.383. The van der Waals surface area contributed by atoms with E-state index < -0.39 is 11.6 Å². The fraction of sp³-hybridized carbons (Fsp3) is 0.182. The van der Waals surface area contributed by atoms with Crippen molar-refractivity contribution >= 4 is 27.3 Å². The van der Waals surface area contributed by atoms with E-state index in [4.69, 9.17) is 10.5 Å². The van der Waals surface area contributed by atoms with E-state index >= 15 is 0 Å². The first-order valence-corrected chi connectivity index (χ1v) is 6.56. The molecule has 18 heavy (non-hydrogen) atoms. The summed E-state index contributed by atoms with van der Waals surface area (Å²) in [4.78, 5) is 4.16. The molecule has 0 aliphatic carbocycles. The Kier molecular flexibility index (Phi) is 3.94. The van der Waals surface area contributed by atoms with Crippen LogP contribution in [0.2, 0.25) is 0 Å². The summed E-state index contributed by atoms with van der Waals surface area (Å²) in [6.07, 6.45) is 0. The number of nitrogens with zero attached hydrogens (tertiary/aromatic N) is 1. The van der Waals surface area contributed by atoms with Crippen LogP contribution in [0.15, 0.2) is 15.9 Å². The van der Waals surface area contributed by atoms with Gasteiger partial charge in [-0.05, 0) is 22.0 Å². The number of aromatic nitrogens is 1. The summed E-state index contributed by atoms with van der Waals surface area (Å²) in [6.45, 7) is 0.233. The van der Waals surface area contributed by atoms with Crippen molar-refractivity contribution in [3.05, 3.63) is 33.2 Å². The van der Waals surface area contributed by atoms with E-state index in [1.165, 1.54) is 18.4 Å². The van der Waals surface area contributed by atoms with Crippen LogP contribution < -0.4 is 10.5 Å². The molecule has 0 aliphatic rings. The summed E-state index contributed by atoms with van der Waals surface area (Å²) >= 11 is 4.49. The van der Waals surface area contributed by atoms with Crippen molar-refractivity contribution < 1.29 is 13.5 Å². The van der Waals surface area contributed by atoms with E-state index in [9.17, 15) is 8.78 Å². The number of nitrogens with two attached hydrogens (primary N) is 1. The molecule has 1 aromatic heterocycles. The summed E-state index contributed by atoms with van der Waals surface area (Å²) in [7, 11) is 1.28. The van der Waals surface area contributed by atoms with Crippen LogP contribution >= 0.6 is 27.3 Å². The van der Waals surface area contributed by atoms with Crippen LogP contribution in [0.3, 0.4) is 0 Å². The highest BCUT2D eigenvalue weighted by Crippen LogP contribution is 2.35. The zero-order valence-electron chi connectivity index (χ0n) is 9.34. The number of hydrogen-bond acceptors (Lipinski definition) is 4. The van der Waals surface area contributed by atoms with Gasteiger partial charge in [0.15, 0.2) is 11.6 Å². The molecule has 96 valence electrons. The molecule has 0 spiro atoms. The third kappa shape index (κ3) is 2.38. The van der Waals surface area contributed by atoms with Crippen LogP contribution in [0, 0.1) is 11.6 Å². The van der Waals surface area contributed by atoms with Gasteiger partial charge < -0.3 is 10.5 Å². The Morgan fingerprint density at radius 1 is 1.39 bits per heavy atom. The molecule has 0 atom stereocenters. The number of methoxy groups -OCH3 is 1. The van der Waals surface area contributed by atoms with Crippen LogP contribution in [0.25, 0.3) is 10.6 Å². The lowest BCUT2D eigenvalue weighted by Crippen LogP contribution is -1.97. The molecule has 2 rings (SSSR count). The second-order valence-corrected chi connectivity index (χ2v) is 5.73. The Bertz CT molecular complexity index is 589. The average Bonchev–Trinajstić information content (AvgIpc) is 2.72. The van der Waals surface area contributed by atoms with Gasteiger partial charge in [0.05, 0.1) is 16.6 Å². The zero-order valence-corrected chi connectivity index (χ0v) is 11.7. The van der Waals surface area contributed by atoms with Crippen molar-refractivity contribution in [2.24, 2.45) is 5.73 Å². The van der Waals surface area contributed by atoms with E-state index in [1.807, 2.05) is 0 Å². The standard InChI is InChI=1S/C11H9BrF2N2OS/c1-17-9-3-6(13)5(2-7(9)14)11-16-8(4-15)10(12)18-11/h2-3H,4,15H2,1H3. The minimum Gasteiger partial charge on any atom is -0.494 e. The number of hydrogen-bond donors (Lipinski definition) is 1. The van der Waals surface area contributed by atoms with Crippen LogP contribution in [-0.4, -0.2) is 12.1 Å². The maximum atomic E-state index is 13.8. The average molecular weight is 335 g/mol. The van der Waals surface area contributed by atoms with Gasteiger partial charge in [0.1, 0.15) is 10.8 Å². The molecular formula is C11H9BrF2N2OS. The quantitative estimate of drug-likeness (QED) is 0.936. The Balaban J connectivity index is 2.53. The molecule has 1 aromatic carbocycles. The third-order valence-corrected chi connectivity index (χ3v) is 4.18. The first-order chi connectivity index (χ1) is 8.56. The maximum absolute atomic E-state index is 13.8. The Morgan fingerprint density at radius 3 is 2.67 bits per heavy atom. The van der Waals surface area contributed by atoms with Gasteiger partial charge in [0, 0.05) is 18.2 Å². The Morgan fingerprint density at radius 2 is 2.11 bits per heavy atom. The smallest absolute Gasteiger partial charge is 0.165 e. The van der Waals surface area contributed by atoms with Gasteiger partial charge in [-0.1, -0.05) is 0 Å². The summed E-state index contributed by atoms with van der Waals surface area (Å²) in [5.41, 5.74) is 6.19. The molecule has 0 bridgehead atoms. The molecule has 0 fully saturated rings. The lowest BCUT2D eigenvalue weighted by atomic mass is 10.2. The van der Waals surface area contributed by atoms with Crippen LogP contribution in [-0.2, 0) is 6.54 Å². The molecule has 0 saturated heterocycles. The highest BCUT2D eigenvalue weighted by atomic mass is 79.9. The van der Waals surface area contributed by atoms with Gasteiger partial charge in [0.2, 0.25) is 0 Å². The van der Waals surface area contributed by atoms with Crippen molar-refractivity contribution in [2.45, 2.75) is 6.54 Å². The van der Waals surface area contributed by atoms with E-state index in [-0.39, 0.29) is 17.9 Å². The number of benzene rings is 1. The summed E-state index contributed by atoms with van der Waals surface area (Å²) < 4.78 is 32.8. The van der Waals surface area contributed by atoms with Crippen molar-refractivity contribution in [1.29, 1.82) is 0 Å². The molecule has 7 heteroatoms. The van der Waals surface area contributed by atoms with Gasteiger partial charge in [-0.3, -0.25) is 0 Å². The largest absolute Gasteiger partial charge is 0.494 e. The Hall–Kier alpha value is -1.05. The maximum Gasteiger partial charge on any atom is 0.165 e. The monoisotopic (exact) mass is 334 g/mol. The van der Waals surface area contributed by atoms with Gasteiger partial charge in [-0.25, -0.2) is 13.8 Å². The molecule has 2 aromatic rings. The molecule has 1 heterocycles. The highest BCUT2D eigenvalue weighted by Gasteiger charge is 2.16.